The number of hydrogen-bond donors (Lipinski definition) is 0. The maximum absolute atomic E-state index is 4.61. The summed E-state index contributed by atoms with van der Waals surface area (Å²) in [5.41, 5.74) is 5.87. The van der Waals surface area contributed by atoms with E-state index in [9.17, 15) is 0 Å². The van der Waals surface area contributed by atoms with Crippen LogP contribution in [-0.4, -0.2) is 4.98 Å². The molecule has 0 atom stereocenters. The Balaban J connectivity index is 1.95. The van der Waals surface area contributed by atoms with Gasteiger partial charge in [0.15, 0.2) is 0 Å². The van der Waals surface area contributed by atoms with Crippen molar-refractivity contribution in [1.82, 2.24) is 4.98 Å². The van der Waals surface area contributed by atoms with Gasteiger partial charge < -0.3 is 0 Å². The van der Waals surface area contributed by atoms with Gasteiger partial charge in [-0.05, 0) is 40.5 Å². The molecule has 1 aromatic heterocycles. The summed E-state index contributed by atoms with van der Waals surface area (Å²) in [5, 5.41) is 2.55. The second-order valence-corrected chi connectivity index (χ2v) is 5.78. The quantitative estimate of drug-likeness (QED) is 0.450. The van der Waals surface area contributed by atoms with Crippen LogP contribution in [0.2, 0.25) is 0 Å². The zero-order valence-corrected chi connectivity index (χ0v) is 13.0. The predicted octanol–water partition coefficient (Wildman–Crippen LogP) is 5.88. The zero-order chi connectivity index (χ0) is 15.6. The zero-order valence-electron chi connectivity index (χ0n) is 13.0. The highest BCUT2D eigenvalue weighted by atomic mass is 14.7. The summed E-state index contributed by atoms with van der Waals surface area (Å²) >= 11 is 0. The molecule has 3 aromatic carbocycles. The van der Waals surface area contributed by atoms with Crippen LogP contribution in [0.5, 0.6) is 0 Å². The van der Waals surface area contributed by atoms with Crippen molar-refractivity contribution >= 4 is 10.8 Å². The molecule has 1 heteroatoms. The summed E-state index contributed by atoms with van der Waals surface area (Å²) in [6.07, 6.45) is 1.97. The standard InChI is InChI=1S/C22H17N/c1-16-15-23-22(18-9-3-2-4-10-18)14-21(16)20-13-7-11-17-8-5-6-12-19(17)20/h2-15H,1H3. The third-order valence-electron chi connectivity index (χ3n) is 4.25. The van der Waals surface area contributed by atoms with Gasteiger partial charge >= 0.3 is 0 Å². The average molecular weight is 295 g/mol. The molecule has 0 amide bonds. The average Bonchev–Trinajstić information content (AvgIpc) is 2.62. The van der Waals surface area contributed by atoms with Crippen molar-refractivity contribution in [2.75, 3.05) is 0 Å². The lowest BCUT2D eigenvalue weighted by Crippen LogP contribution is -1.90. The van der Waals surface area contributed by atoms with Crippen molar-refractivity contribution in [2.45, 2.75) is 6.92 Å². The third kappa shape index (κ3) is 2.51. The van der Waals surface area contributed by atoms with Crippen LogP contribution >= 0.6 is 0 Å². The van der Waals surface area contributed by atoms with Gasteiger partial charge in [-0.3, -0.25) is 4.98 Å². The predicted molar refractivity (Wildman–Crippen MR) is 97.4 cm³/mol. The van der Waals surface area contributed by atoms with Gasteiger partial charge in [-0.1, -0.05) is 72.8 Å². The van der Waals surface area contributed by atoms with Crippen LogP contribution < -0.4 is 0 Å². The number of nitrogens with zero attached hydrogens (tertiary/aromatic N) is 1. The molecular formula is C22H17N. The highest BCUT2D eigenvalue weighted by Gasteiger charge is 2.09. The number of hydrogen-bond acceptors (Lipinski definition) is 1. The second-order valence-electron chi connectivity index (χ2n) is 5.78. The fraction of sp³-hybridized carbons (Fsp3) is 0.0455. The molecule has 0 unspecified atom stereocenters. The third-order valence-corrected chi connectivity index (χ3v) is 4.25. The molecule has 0 fully saturated rings. The van der Waals surface area contributed by atoms with Crippen molar-refractivity contribution in [3.63, 3.8) is 0 Å². The fourth-order valence-corrected chi connectivity index (χ4v) is 3.04. The van der Waals surface area contributed by atoms with Crippen LogP contribution in [-0.2, 0) is 0 Å². The van der Waals surface area contributed by atoms with Crippen LogP contribution in [0.15, 0.2) is 85.1 Å². The normalized spacial score (nSPS) is 10.8. The summed E-state index contributed by atoms with van der Waals surface area (Å²) in [6, 6.07) is 27.5. The molecule has 1 nitrogen and oxygen atoms in total. The van der Waals surface area contributed by atoms with E-state index in [1.165, 1.54) is 27.5 Å². The minimum absolute atomic E-state index is 1.01. The molecule has 0 saturated carbocycles. The van der Waals surface area contributed by atoms with Crippen molar-refractivity contribution in [1.29, 1.82) is 0 Å². The van der Waals surface area contributed by atoms with Gasteiger partial charge in [-0.2, -0.15) is 0 Å². The second kappa shape index (κ2) is 5.69. The molecule has 4 rings (SSSR count). The topological polar surface area (TPSA) is 12.9 Å². The van der Waals surface area contributed by atoms with Crippen LogP contribution in [0.3, 0.4) is 0 Å². The van der Waals surface area contributed by atoms with Gasteiger partial charge in [0.2, 0.25) is 0 Å². The molecule has 0 aliphatic carbocycles. The molecule has 0 N–H and O–H groups in total. The van der Waals surface area contributed by atoms with E-state index < -0.39 is 0 Å². The van der Waals surface area contributed by atoms with Crippen LogP contribution in [0.25, 0.3) is 33.2 Å². The molecule has 23 heavy (non-hydrogen) atoms. The van der Waals surface area contributed by atoms with E-state index in [0.717, 1.165) is 11.3 Å². The highest BCUT2D eigenvalue weighted by Crippen LogP contribution is 2.32. The minimum Gasteiger partial charge on any atom is -0.256 e. The van der Waals surface area contributed by atoms with Gasteiger partial charge in [0.05, 0.1) is 5.69 Å². The largest absolute Gasteiger partial charge is 0.256 e. The number of aryl methyl sites for hydroxylation is 1. The number of aromatic nitrogens is 1. The highest BCUT2D eigenvalue weighted by molar-refractivity contribution is 5.97. The van der Waals surface area contributed by atoms with E-state index in [1.807, 2.05) is 12.3 Å². The van der Waals surface area contributed by atoms with E-state index in [4.69, 9.17) is 0 Å². The number of benzene rings is 3. The Kier molecular flexibility index (Phi) is 3.39. The molecule has 0 aliphatic heterocycles. The van der Waals surface area contributed by atoms with E-state index in [1.54, 1.807) is 0 Å². The van der Waals surface area contributed by atoms with E-state index in [0.29, 0.717) is 0 Å². The van der Waals surface area contributed by atoms with E-state index in [2.05, 4.69) is 84.7 Å². The first-order valence-electron chi connectivity index (χ1n) is 7.83. The van der Waals surface area contributed by atoms with Gasteiger partial charge in [0.25, 0.3) is 0 Å². The monoisotopic (exact) mass is 295 g/mol. The van der Waals surface area contributed by atoms with E-state index >= 15 is 0 Å². The van der Waals surface area contributed by atoms with Gasteiger partial charge in [0, 0.05) is 11.8 Å². The molecule has 4 aromatic rings. The summed E-state index contributed by atoms with van der Waals surface area (Å²) in [5.74, 6) is 0. The Morgan fingerprint density at radius 1 is 0.696 bits per heavy atom. The maximum atomic E-state index is 4.61. The summed E-state index contributed by atoms with van der Waals surface area (Å²) in [6.45, 7) is 2.12. The molecule has 0 spiro atoms. The summed E-state index contributed by atoms with van der Waals surface area (Å²) in [7, 11) is 0. The van der Waals surface area contributed by atoms with E-state index in [-0.39, 0.29) is 0 Å². The van der Waals surface area contributed by atoms with Crippen molar-refractivity contribution in [2.24, 2.45) is 0 Å². The Morgan fingerprint density at radius 2 is 1.43 bits per heavy atom. The number of pyridine rings is 1. The molecule has 1 heterocycles. The number of rotatable bonds is 2. The summed E-state index contributed by atoms with van der Waals surface area (Å²) in [4.78, 5) is 4.61. The summed E-state index contributed by atoms with van der Waals surface area (Å²) < 4.78 is 0. The van der Waals surface area contributed by atoms with Crippen LogP contribution in [0.4, 0.5) is 0 Å². The molecule has 0 bridgehead atoms. The van der Waals surface area contributed by atoms with Gasteiger partial charge in [0.1, 0.15) is 0 Å². The fourth-order valence-electron chi connectivity index (χ4n) is 3.04. The lowest BCUT2D eigenvalue weighted by atomic mass is 9.95. The number of fused-ring (bicyclic) bond motifs is 1. The Bertz CT molecular complexity index is 966. The molecular weight excluding hydrogens is 278 g/mol. The maximum Gasteiger partial charge on any atom is 0.0708 e. The first kappa shape index (κ1) is 13.7. The molecule has 110 valence electrons. The SMILES string of the molecule is Cc1cnc(-c2ccccc2)cc1-c1cccc2ccccc12. The first-order chi connectivity index (χ1) is 11.3. The van der Waals surface area contributed by atoms with Crippen molar-refractivity contribution < 1.29 is 0 Å². The lowest BCUT2D eigenvalue weighted by molar-refractivity contribution is 1.27. The Labute approximate surface area is 136 Å². The Morgan fingerprint density at radius 3 is 2.30 bits per heavy atom. The van der Waals surface area contributed by atoms with Crippen LogP contribution in [0.1, 0.15) is 5.56 Å². The van der Waals surface area contributed by atoms with Crippen molar-refractivity contribution in [3.05, 3.63) is 90.6 Å². The molecule has 0 radical (unpaired) electrons. The van der Waals surface area contributed by atoms with Crippen molar-refractivity contribution in [3.8, 4) is 22.4 Å². The smallest absolute Gasteiger partial charge is 0.0708 e. The minimum atomic E-state index is 1.01. The first-order valence-corrected chi connectivity index (χ1v) is 7.83. The molecule has 0 saturated heterocycles. The Hall–Kier alpha value is -2.93. The van der Waals surface area contributed by atoms with Crippen LogP contribution in [0, 0.1) is 6.92 Å². The van der Waals surface area contributed by atoms with Gasteiger partial charge in [-0.15, -0.1) is 0 Å². The molecule has 0 aliphatic rings. The lowest BCUT2D eigenvalue weighted by Gasteiger charge is -2.11. The van der Waals surface area contributed by atoms with Gasteiger partial charge in [-0.25, -0.2) is 0 Å².